The number of nitrogens with one attached hydrogen (secondary N) is 1. The quantitative estimate of drug-likeness (QED) is 0.720. The molecule has 0 bridgehead atoms. The van der Waals surface area contributed by atoms with E-state index in [1.54, 1.807) is 25.3 Å². The van der Waals surface area contributed by atoms with E-state index in [4.69, 9.17) is 9.47 Å². The first-order chi connectivity index (χ1) is 12.0. The van der Waals surface area contributed by atoms with Crippen LogP contribution < -0.4 is 14.8 Å². The van der Waals surface area contributed by atoms with E-state index in [1.807, 2.05) is 6.07 Å². The fourth-order valence-corrected chi connectivity index (χ4v) is 3.42. The molecule has 0 aliphatic rings. The second kappa shape index (κ2) is 7.11. The molecular weight excluding hydrogens is 336 g/mol. The van der Waals surface area contributed by atoms with Crippen LogP contribution in [0.5, 0.6) is 11.5 Å². The van der Waals surface area contributed by atoms with E-state index in [9.17, 15) is 4.79 Å². The van der Waals surface area contributed by atoms with Crippen LogP contribution in [0.25, 0.3) is 10.2 Å². The topological polar surface area (TPSA) is 60.5 Å². The van der Waals surface area contributed by atoms with Gasteiger partial charge in [-0.15, -0.1) is 0 Å². The predicted molar refractivity (Wildman–Crippen MR) is 101 cm³/mol. The molecule has 2 aromatic carbocycles. The Morgan fingerprint density at radius 1 is 1.12 bits per heavy atom. The minimum Gasteiger partial charge on any atom is -0.497 e. The van der Waals surface area contributed by atoms with E-state index in [0.29, 0.717) is 28.1 Å². The van der Waals surface area contributed by atoms with Crippen molar-refractivity contribution in [3.63, 3.8) is 0 Å². The molecule has 1 amide bonds. The molecule has 0 fully saturated rings. The molecule has 130 valence electrons. The first kappa shape index (κ1) is 17.2. The molecule has 0 unspecified atom stereocenters. The number of hydrogen-bond acceptors (Lipinski definition) is 5. The van der Waals surface area contributed by atoms with Gasteiger partial charge >= 0.3 is 0 Å². The van der Waals surface area contributed by atoms with Crippen molar-refractivity contribution in [3.05, 3.63) is 47.5 Å². The number of rotatable bonds is 5. The van der Waals surface area contributed by atoms with Crippen LogP contribution in [-0.4, -0.2) is 25.1 Å². The van der Waals surface area contributed by atoms with Crippen molar-refractivity contribution in [1.29, 1.82) is 0 Å². The Balaban J connectivity index is 1.89. The third-order valence-electron chi connectivity index (χ3n) is 3.95. The van der Waals surface area contributed by atoms with Crippen LogP contribution in [0.3, 0.4) is 0 Å². The Kier molecular flexibility index (Phi) is 4.90. The van der Waals surface area contributed by atoms with Crippen molar-refractivity contribution in [3.8, 4) is 11.5 Å². The van der Waals surface area contributed by atoms with Crippen molar-refractivity contribution >= 4 is 32.6 Å². The lowest BCUT2D eigenvalue weighted by Crippen LogP contribution is -2.13. The number of aromatic nitrogens is 1. The van der Waals surface area contributed by atoms with E-state index in [-0.39, 0.29) is 5.91 Å². The highest BCUT2D eigenvalue weighted by Gasteiger charge is 2.16. The highest BCUT2D eigenvalue weighted by Crippen LogP contribution is 2.30. The van der Waals surface area contributed by atoms with E-state index in [2.05, 4.69) is 36.3 Å². The van der Waals surface area contributed by atoms with Gasteiger partial charge in [-0.2, -0.15) is 0 Å². The molecule has 0 saturated heterocycles. The number of benzene rings is 2. The van der Waals surface area contributed by atoms with Gasteiger partial charge in [-0.25, -0.2) is 4.98 Å². The molecule has 1 aromatic heterocycles. The maximum atomic E-state index is 12.6. The Bertz CT molecular complexity index is 918. The summed E-state index contributed by atoms with van der Waals surface area (Å²) in [6, 6.07) is 11.3. The smallest absolute Gasteiger partial charge is 0.261 e. The third kappa shape index (κ3) is 3.58. The number of hydrogen-bond donors (Lipinski definition) is 1. The summed E-state index contributed by atoms with van der Waals surface area (Å²) < 4.78 is 11.5. The Morgan fingerprint density at radius 2 is 1.92 bits per heavy atom. The van der Waals surface area contributed by atoms with Crippen LogP contribution in [0.2, 0.25) is 0 Å². The number of amides is 1. The van der Waals surface area contributed by atoms with Crippen LogP contribution in [0.1, 0.15) is 35.7 Å². The Morgan fingerprint density at radius 3 is 2.60 bits per heavy atom. The first-order valence-electron chi connectivity index (χ1n) is 7.95. The van der Waals surface area contributed by atoms with Gasteiger partial charge in [-0.3, -0.25) is 10.1 Å². The standard InChI is InChI=1S/C19H20N2O3S/c1-11(2)12-5-7-15-17(9-12)25-19(20-15)21-18(22)14-10-13(23-3)6-8-16(14)24-4/h5-11H,1-4H3,(H,20,21,22). The molecule has 3 aromatic rings. The van der Waals surface area contributed by atoms with Gasteiger partial charge in [0.1, 0.15) is 11.5 Å². The van der Waals surface area contributed by atoms with Crippen molar-refractivity contribution < 1.29 is 14.3 Å². The Labute approximate surface area is 150 Å². The average molecular weight is 356 g/mol. The molecule has 0 aliphatic carbocycles. The summed E-state index contributed by atoms with van der Waals surface area (Å²) in [5, 5.41) is 3.42. The summed E-state index contributed by atoms with van der Waals surface area (Å²) in [4.78, 5) is 17.1. The van der Waals surface area contributed by atoms with Crippen molar-refractivity contribution in [2.75, 3.05) is 19.5 Å². The zero-order chi connectivity index (χ0) is 18.0. The van der Waals surface area contributed by atoms with Gasteiger partial charge in [-0.1, -0.05) is 31.3 Å². The van der Waals surface area contributed by atoms with Gasteiger partial charge in [0.25, 0.3) is 5.91 Å². The van der Waals surface area contributed by atoms with E-state index < -0.39 is 0 Å². The van der Waals surface area contributed by atoms with E-state index >= 15 is 0 Å². The molecule has 0 spiro atoms. The normalized spacial score (nSPS) is 10.9. The summed E-state index contributed by atoms with van der Waals surface area (Å²) in [6.45, 7) is 4.31. The summed E-state index contributed by atoms with van der Waals surface area (Å²) in [5.41, 5.74) is 2.54. The zero-order valence-corrected chi connectivity index (χ0v) is 15.4. The van der Waals surface area contributed by atoms with Gasteiger partial charge in [0.05, 0.1) is 30.0 Å². The highest BCUT2D eigenvalue weighted by atomic mass is 32.1. The molecule has 0 atom stereocenters. The van der Waals surface area contributed by atoms with Crippen LogP contribution in [0, 0.1) is 0 Å². The molecule has 3 rings (SSSR count). The number of carbonyl (C=O) groups is 1. The largest absolute Gasteiger partial charge is 0.497 e. The van der Waals surface area contributed by atoms with Gasteiger partial charge in [0.15, 0.2) is 5.13 Å². The molecule has 0 aliphatic heterocycles. The summed E-state index contributed by atoms with van der Waals surface area (Å²) >= 11 is 1.46. The number of ether oxygens (including phenoxy) is 2. The maximum absolute atomic E-state index is 12.6. The fourth-order valence-electron chi connectivity index (χ4n) is 2.51. The number of fused-ring (bicyclic) bond motifs is 1. The SMILES string of the molecule is COc1ccc(OC)c(C(=O)Nc2nc3ccc(C(C)C)cc3s2)c1. The highest BCUT2D eigenvalue weighted by molar-refractivity contribution is 7.22. The van der Waals surface area contributed by atoms with Crippen molar-refractivity contribution in [1.82, 2.24) is 4.98 Å². The van der Waals surface area contributed by atoms with Crippen LogP contribution >= 0.6 is 11.3 Å². The molecule has 0 saturated carbocycles. The van der Waals surface area contributed by atoms with Crippen LogP contribution in [0.4, 0.5) is 5.13 Å². The number of thiazole rings is 1. The molecule has 0 radical (unpaired) electrons. The lowest BCUT2D eigenvalue weighted by atomic mass is 10.0. The molecule has 1 heterocycles. The van der Waals surface area contributed by atoms with Crippen LogP contribution in [-0.2, 0) is 0 Å². The first-order valence-corrected chi connectivity index (χ1v) is 8.77. The summed E-state index contributed by atoms with van der Waals surface area (Å²) in [7, 11) is 3.09. The van der Waals surface area contributed by atoms with Gasteiger partial charge in [-0.05, 0) is 41.8 Å². The van der Waals surface area contributed by atoms with Gasteiger partial charge < -0.3 is 9.47 Å². The minimum atomic E-state index is -0.279. The Hall–Kier alpha value is -2.60. The lowest BCUT2D eigenvalue weighted by Gasteiger charge is -2.09. The lowest BCUT2D eigenvalue weighted by molar-refractivity contribution is 0.102. The van der Waals surface area contributed by atoms with Crippen molar-refractivity contribution in [2.24, 2.45) is 0 Å². The number of methoxy groups -OCH3 is 2. The average Bonchev–Trinajstić information content (AvgIpc) is 3.02. The number of nitrogens with zero attached hydrogens (tertiary/aromatic N) is 1. The monoisotopic (exact) mass is 356 g/mol. The molecular formula is C19H20N2O3S. The minimum absolute atomic E-state index is 0.279. The van der Waals surface area contributed by atoms with Crippen molar-refractivity contribution in [2.45, 2.75) is 19.8 Å². The molecule has 5 nitrogen and oxygen atoms in total. The molecule has 25 heavy (non-hydrogen) atoms. The van der Waals surface area contributed by atoms with E-state index in [0.717, 1.165) is 10.2 Å². The summed E-state index contributed by atoms with van der Waals surface area (Å²) in [6.07, 6.45) is 0. The fraction of sp³-hybridized carbons (Fsp3) is 0.263. The van der Waals surface area contributed by atoms with E-state index in [1.165, 1.54) is 24.0 Å². The molecule has 6 heteroatoms. The van der Waals surface area contributed by atoms with Crippen LogP contribution in [0.15, 0.2) is 36.4 Å². The maximum Gasteiger partial charge on any atom is 0.261 e. The number of anilines is 1. The second-order valence-electron chi connectivity index (χ2n) is 5.92. The second-order valence-corrected chi connectivity index (χ2v) is 6.95. The van der Waals surface area contributed by atoms with Gasteiger partial charge in [0, 0.05) is 0 Å². The van der Waals surface area contributed by atoms with Gasteiger partial charge in [0.2, 0.25) is 0 Å². The summed E-state index contributed by atoms with van der Waals surface area (Å²) in [5.74, 6) is 1.25. The zero-order valence-electron chi connectivity index (χ0n) is 14.6. The third-order valence-corrected chi connectivity index (χ3v) is 4.88. The predicted octanol–water partition coefficient (Wildman–Crippen LogP) is 4.69. The number of carbonyl (C=O) groups excluding carboxylic acids is 1. The molecule has 1 N–H and O–H groups in total.